The second kappa shape index (κ2) is 7.50. The Morgan fingerprint density at radius 3 is 1.15 bits per heavy atom. The summed E-state index contributed by atoms with van der Waals surface area (Å²) >= 11 is 7.57. The summed E-state index contributed by atoms with van der Waals surface area (Å²) in [4.78, 5) is 0. The van der Waals surface area contributed by atoms with E-state index < -0.39 is 0 Å². The molecule has 5 aromatic rings. The molecule has 0 saturated carbocycles. The molecule has 0 amide bonds. The highest BCUT2D eigenvalue weighted by Crippen LogP contribution is 2.73. The van der Waals surface area contributed by atoms with Gasteiger partial charge in [-0.25, -0.2) is 0 Å². The van der Waals surface area contributed by atoms with E-state index in [1.54, 1.807) is 11.1 Å². The smallest absolute Gasteiger partial charge is 0.0878 e. The van der Waals surface area contributed by atoms with Gasteiger partial charge in [-0.3, -0.25) is 0 Å². The van der Waals surface area contributed by atoms with Crippen molar-refractivity contribution < 1.29 is 4.74 Å². The molecule has 0 aromatic heterocycles. The Morgan fingerprint density at radius 1 is 0.390 bits per heavy atom. The summed E-state index contributed by atoms with van der Waals surface area (Å²) in [6.07, 6.45) is 0.291. The van der Waals surface area contributed by atoms with E-state index in [2.05, 4.69) is 129 Å². The molecule has 1 nitrogen and oxygen atoms in total. The Bertz CT molecular complexity index is 1840. The third-order valence-electron chi connectivity index (χ3n) is 11.4. The van der Waals surface area contributed by atoms with Crippen molar-refractivity contribution in [2.24, 2.45) is 11.8 Å². The largest absolute Gasteiger partial charge is 0.365 e. The van der Waals surface area contributed by atoms with Gasteiger partial charge in [-0.2, -0.15) is 0 Å². The summed E-state index contributed by atoms with van der Waals surface area (Å²) in [6.45, 7) is 0. The summed E-state index contributed by atoms with van der Waals surface area (Å²) in [5.41, 5.74) is 18.0. The molecule has 0 unspecified atom stereocenters. The van der Waals surface area contributed by atoms with Crippen molar-refractivity contribution >= 4 is 31.9 Å². The molecule has 3 heteroatoms. The Balaban J connectivity index is 1.18. The molecule has 0 radical (unpaired) electrons. The Labute approximate surface area is 255 Å². The monoisotopic (exact) mass is 654 g/mol. The Hall–Kier alpha value is -2.98. The molecule has 8 aliphatic rings. The van der Waals surface area contributed by atoms with Gasteiger partial charge in [0.1, 0.15) is 0 Å². The van der Waals surface area contributed by atoms with Crippen LogP contribution in [0.2, 0.25) is 0 Å². The van der Waals surface area contributed by atoms with E-state index in [-0.39, 0.29) is 12.2 Å². The first-order valence-corrected chi connectivity index (χ1v) is 16.4. The van der Waals surface area contributed by atoms with Crippen LogP contribution in [0.5, 0.6) is 0 Å². The maximum atomic E-state index is 6.98. The zero-order valence-corrected chi connectivity index (χ0v) is 25.2. The van der Waals surface area contributed by atoms with Crippen LogP contribution in [0.25, 0.3) is 0 Å². The zero-order chi connectivity index (χ0) is 26.7. The van der Waals surface area contributed by atoms with Gasteiger partial charge in [-0.05, 0) is 111 Å². The number of fused-ring (bicyclic) bond motifs is 5. The maximum absolute atomic E-state index is 6.98. The number of halogens is 2. The van der Waals surface area contributed by atoms with Crippen LogP contribution in [-0.4, -0.2) is 0 Å². The third kappa shape index (κ3) is 2.53. The highest BCUT2D eigenvalue weighted by molar-refractivity contribution is 9.13. The standard InChI is InChI=1S/C38H24Br2O/c39-29-15-27-28(16-30(29)40)38-36-34-22-12-6-5-11-21(22)33(35(36)37(27)41-38)25-13-23-24(14-26(25)34)32-18-8-2-1-7-17(18)31(23)19-9-3-4-10-20(19)32/h1-16,31-38H/t31?,32?,33-,34-,35-,36-,37+,38+/m1/s1. The fourth-order valence-electron chi connectivity index (χ4n) is 10.2. The number of hydrogen-bond donors (Lipinski definition) is 0. The van der Waals surface area contributed by atoms with Gasteiger partial charge in [0.25, 0.3) is 0 Å². The molecule has 0 N–H and O–H groups in total. The predicted octanol–water partition coefficient (Wildman–Crippen LogP) is 9.85. The van der Waals surface area contributed by atoms with E-state index in [4.69, 9.17) is 4.74 Å². The zero-order valence-electron chi connectivity index (χ0n) is 22.0. The molecule has 2 heterocycles. The van der Waals surface area contributed by atoms with Crippen LogP contribution in [0.1, 0.15) is 103 Å². The minimum atomic E-state index is 0.146. The van der Waals surface area contributed by atoms with Gasteiger partial charge in [-0.15, -0.1) is 0 Å². The van der Waals surface area contributed by atoms with E-state index in [1.807, 2.05) is 0 Å². The number of hydrogen-bond acceptors (Lipinski definition) is 1. The van der Waals surface area contributed by atoms with Crippen LogP contribution in [-0.2, 0) is 4.74 Å². The van der Waals surface area contributed by atoms with Gasteiger partial charge in [0.15, 0.2) is 0 Å². The van der Waals surface area contributed by atoms with Gasteiger partial charge in [0, 0.05) is 44.5 Å². The molecule has 196 valence electrons. The molecule has 6 atom stereocenters. The van der Waals surface area contributed by atoms with Crippen molar-refractivity contribution in [2.45, 2.75) is 35.9 Å². The van der Waals surface area contributed by atoms with Crippen molar-refractivity contribution in [3.05, 3.63) is 173 Å². The lowest BCUT2D eigenvalue weighted by molar-refractivity contribution is 0.0533. The Kier molecular flexibility index (Phi) is 4.13. The summed E-state index contributed by atoms with van der Waals surface area (Å²) in [5.74, 6) is 2.27. The van der Waals surface area contributed by atoms with Crippen LogP contribution in [0.15, 0.2) is 106 Å². The molecule has 1 saturated heterocycles. The van der Waals surface area contributed by atoms with Gasteiger partial charge in [0.05, 0.1) is 12.2 Å². The van der Waals surface area contributed by atoms with Crippen molar-refractivity contribution in [1.29, 1.82) is 0 Å². The summed E-state index contributed by atoms with van der Waals surface area (Å²) in [6, 6.07) is 37.7. The van der Waals surface area contributed by atoms with Crippen LogP contribution < -0.4 is 0 Å². The van der Waals surface area contributed by atoms with Gasteiger partial charge in [-0.1, -0.05) is 84.9 Å². The summed E-state index contributed by atoms with van der Waals surface area (Å²) in [5, 5.41) is 0. The first kappa shape index (κ1) is 22.6. The molecular formula is C38H24Br2O. The second-order valence-electron chi connectivity index (χ2n) is 12.8. The minimum absolute atomic E-state index is 0.146. The Morgan fingerprint density at radius 2 is 0.756 bits per heavy atom. The van der Waals surface area contributed by atoms with E-state index in [1.165, 1.54) is 55.6 Å². The van der Waals surface area contributed by atoms with E-state index in [0.29, 0.717) is 35.5 Å². The van der Waals surface area contributed by atoms with Crippen LogP contribution in [0.3, 0.4) is 0 Å². The van der Waals surface area contributed by atoms with Crippen molar-refractivity contribution in [1.82, 2.24) is 0 Å². The molecule has 6 aliphatic carbocycles. The van der Waals surface area contributed by atoms with Gasteiger partial charge >= 0.3 is 0 Å². The first-order chi connectivity index (χ1) is 20.2. The van der Waals surface area contributed by atoms with Gasteiger partial charge in [0.2, 0.25) is 0 Å². The molecular weight excluding hydrogens is 632 g/mol. The van der Waals surface area contributed by atoms with Crippen molar-refractivity contribution in [2.75, 3.05) is 0 Å². The number of benzene rings is 5. The molecule has 1 fully saturated rings. The van der Waals surface area contributed by atoms with E-state index in [0.717, 1.165) is 8.95 Å². The highest BCUT2D eigenvalue weighted by Gasteiger charge is 2.63. The third-order valence-corrected chi connectivity index (χ3v) is 13.3. The molecule has 41 heavy (non-hydrogen) atoms. The molecule has 5 aromatic carbocycles. The fraction of sp³-hybridized carbons (Fsp3) is 0.211. The van der Waals surface area contributed by atoms with Crippen LogP contribution in [0.4, 0.5) is 0 Å². The lowest BCUT2D eigenvalue weighted by Crippen LogP contribution is -2.42. The average molecular weight is 656 g/mol. The molecule has 0 spiro atoms. The summed E-state index contributed by atoms with van der Waals surface area (Å²) in [7, 11) is 0. The van der Waals surface area contributed by atoms with Crippen molar-refractivity contribution in [3.63, 3.8) is 0 Å². The second-order valence-corrected chi connectivity index (χ2v) is 14.6. The van der Waals surface area contributed by atoms with E-state index >= 15 is 0 Å². The lowest BCUT2D eigenvalue weighted by atomic mass is 9.49. The predicted molar refractivity (Wildman–Crippen MR) is 167 cm³/mol. The molecule has 6 bridgehead atoms. The normalized spacial score (nSPS) is 31.1. The quantitative estimate of drug-likeness (QED) is 0.158. The van der Waals surface area contributed by atoms with Crippen molar-refractivity contribution in [3.8, 4) is 0 Å². The maximum Gasteiger partial charge on any atom is 0.0878 e. The highest BCUT2D eigenvalue weighted by atomic mass is 79.9. The first-order valence-electron chi connectivity index (χ1n) is 14.8. The SMILES string of the molecule is Brc1cc2c(cc1Br)[C@@H]1O[C@@H]2[C@@H]2[C@@H]3c4ccccc4[C@H](c4cc5c(cc43)C3c4ccccc4C5c4ccccc43)[C@H]21. The average Bonchev–Trinajstić information content (AvgIpc) is 3.57. The van der Waals surface area contributed by atoms with Gasteiger partial charge < -0.3 is 4.74 Å². The van der Waals surface area contributed by atoms with Crippen LogP contribution in [0, 0.1) is 11.8 Å². The lowest BCUT2D eigenvalue weighted by Gasteiger charge is -2.52. The number of ether oxygens (including phenoxy) is 1. The molecule has 2 aliphatic heterocycles. The summed E-state index contributed by atoms with van der Waals surface area (Å²) < 4.78 is 9.22. The van der Waals surface area contributed by atoms with Crippen LogP contribution >= 0.6 is 31.9 Å². The minimum Gasteiger partial charge on any atom is -0.365 e. The fourth-order valence-corrected chi connectivity index (χ4v) is 10.9. The topological polar surface area (TPSA) is 9.23 Å². The molecule has 13 rings (SSSR count). The number of rotatable bonds is 0. The van der Waals surface area contributed by atoms with E-state index in [9.17, 15) is 0 Å².